The Morgan fingerprint density at radius 2 is 1.89 bits per heavy atom. The van der Waals surface area contributed by atoms with Crippen LogP contribution in [-0.4, -0.2) is 11.3 Å². The van der Waals surface area contributed by atoms with Crippen molar-refractivity contribution in [2.45, 2.75) is 0 Å². The number of hydrogen-bond acceptors (Lipinski definition) is 1. The Kier molecular flexibility index (Phi) is 3.17. The number of aromatic amines is 1. The lowest BCUT2D eigenvalue weighted by atomic mass is 10.1. The molecule has 3 rings (SSSR count). The summed E-state index contributed by atoms with van der Waals surface area (Å²) in [4.78, 5) is 14.7. The molecule has 19 heavy (non-hydrogen) atoms. The minimum absolute atomic E-state index is 0.619. The SMILES string of the molecule is O=Cc1c(-c2ccccc2Cl)[nH]c2c(Br)cccc12. The van der Waals surface area contributed by atoms with Gasteiger partial charge in [0, 0.05) is 26.0 Å². The number of carbonyl (C=O) groups is 1. The Bertz CT molecular complexity index is 779. The summed E-state index contributed by atoms with van der Waals surface area (Å²) in [5, 5.41) is 1.51. The van der Waals surface area contributed by atoms with Crippen LogP contribution in [0.5, 0.6) is 0 Å². The first-order valence-electron chi connectivity index (χ1n) is 5.72. The first-order chi connectivity index (χ1) is 9.22. The highest BCUT2D eigenvalue weighted by atomic mass is 79.9. The Morgan fingerprint density at radius 1 is 1.11 bits per heavy atom. The standard InChI is InChI=1S/C15H9BrClNO/c16-12-6-3-5-9-11(8-19)14(18-15(9)12)10-4-1-2-7-13(10)17/h1-8,18H. The lowest BCUT2D eigenvalue weighted by Gasteiger charge is -2.02. The van der Waals surface area contributed by atoms with Gasteiger partial charge in [0.25, 0.3) is 0 Å². The molecule has 0 atom stereocenters. The van der Waals surface area contributed by atoms with E-state index >= 15 is 0 Å². The molecule has 0 fully saturated rings. The topological polar surface area (TPSA) is 32.9 Å². The van der Waals surface area contributed by atoms with Gasteiger partial charge in [0.1, 0.15) is 0 Å². The predicted octanol–water partition coefficient (Wildman–Crippen LogP) is 5.06. The molecular formula is C15H9BrClNO. The highest BCUT2D eigenvalue weighted by Gasteiger charge is 2.15. The van der Waals surface area contributed by atoms with Crippen molar-refractivity contribution in [1.29, 1.82) is 0 Å². The number of aldehydes is 1. The fourth-order valence-electron chi connectivity index (χ4n) is 2.20. The third kappa shape index (κ3) is 1.99. The van der Waals surface area contributed by atoms with Crippen LogP contribution in [0.4, 0.5) is 0 Å². The van der Waals surface area contributed by atoms with Gasteiger partial charge in [0.15, 0.2) is 6.29 Å². The highest BCUT2D eigenvalue weighted by Crippen LogP contribution is 2.35. The van der Waals surface area contributed by atoms with Crippen molar-refractivity contribution in [3.8, 4) is 11.3 Å². The van der Waals surface area contributed by atoms with E-state index in [0.717, 1.165) is 32.9 Å². The van der Waals surface area contributed by atoms with Crippen LogP contribution >= 0.6 is 27.5 Å². The van der Waals surface area contributed by atoms with Crippen LogP contribution in [0.25, 0.3) is 22.2 Å². The Hall–Kier alpha value is -1.58. The molecule has 2 aromatic carbocycles. The molecule has 0 unspecified atom stereocenters. The number of fused-ring (bicyclic) bond motifs is 1. The molecule has 0 aliphatic carbocycles. The Morgan fingerprint density at radius 3 is 2.63 bits per heavy atom. The molecule has 0 aliphatic heterocycles. The zero-order valence-corrected chi connectivity index (χ0v) is 12.1. The second-order valence-electron chi connectivity index (χ2n) is 4.17. The number of hydrogen-bond donors (Lipinski definition) is 1. The molecule has 94 valence electrons. The molecule has 1 aromatic heterocycles. The summed E-state index contributed by atoms with van der Waals surface area (Å²) in [6.07, 6.45) is 0.865. The molecule has 4 heteroatoms. The van der Waals surface area contributed by atoms with Gasteiger partial charge in [-0.05, 0) is 28.1 Å². The number of H-pyrrole nitrogens is 1. The number of rotatable bonds is 2. The first-order valence-corrected chi connectivity index (χ1v) is 6.89. The molecule has 0 saturated carbocycles. The van der Waals surface area contributed by atoms with Gasteiger partial charge in [-0.15, -0.1) is 0 Å². The number of aromatic nitrogens is 1. The third-order valence-corrected chi connectivity index (χ3v) is 4.07. The van der Waals surface area contributed by atoms with E-state index in [1.807, 2.05) is 42.5 Å². The van der Waals surface area contributed by atoms with E-state index in [2.05, 4.69) is 20.9 Å². The third-order valence-electron chi connectivity index (χ3n) is 3.08. The number of benzene rings is 2. The van der Waals surface area contributed by atoms with Crippen LogP contribution in [0.3, 0.4) is 0 Å². The molecule has 0 spiro atoms. The fourth-order valence-corrected chi connectivity index (χ4v) is 2.90. The van der Waals surface area contributed by atoms with Gasteiger partial charge in [-0.2, -0.15) is 0 Å². The number of para-hydroxylation sites is 1. The Labute approximate surface area is 123 Å². The van der Waals surface area contributed by atoms with Gasteiger partial charge in [-0.1, -0.05) is 41.9 Å². The zero-order valence-electron chi connectivity index (χ0n) is 9.78. The van der Waals surface area contributed by atoms with Crippen molar-refractivity contribution in [3.05, 3.63) is 57.5 Å². The Balaban J connectivity index is 2.39. The van der Waals surface area contributed by atoms with Crippen LogP contribution in [0, 0.1) is 0 Å². The molecule has 0 bridgehead atoms. The van der Waals surface area contributed by atoms with Crippen LogP contribution < -0.4 is 0 Å². The fraction of sp³-hybridized carbons (Fsp3) is 0. The summed E-state index contributed by atoms with van der Waals surface area (Å²) >= 11 is 9.69. The summed E-state index contributed by atoms with van der Waals surface area (Å²) in [7, 11) is 0. The summed E-state index contributed by atoms with van der Waals surface area (Å²) in [5.74, 6) is 0. The average Bonchev–Trinajstić information content (AvgIpc) is 2.79. The van der Waals surface area contributed by atoms with Crippen molar-refractivity contribution < 1.29 is 4.79 Å². The van der Waals surface area contributed by atoms with Crippen molar-refractivity contribution in [2.24, 2.45) is 0 Å². The monoisotopic (exact) mass is 333 g/mol. The van der Waals surface area contributed by atoms with Crippen LogP contribution in [0.15, 0.2) is 46.9 Å². The van der Waals surface area contributed by atoms with E-state index in [9.17, 15) is 4.79 Å². The molecule has 0 amide bonds. The van der Waals surface area contributed by atoms with E-state index in [4.69, 9.17) is 11.6 Å². The van der Waals surface area contributed by atoms with E-state index in [1.165, 1.54) is 0 Å². The lowest BCUT2D eigenvalue weighted by molar-refractivity contribution is 0.112. The van der Waals surface area contributed by atoms with Crippen molar-refractivity contribution >= 4 is 44.7 Å². The van der Waals surface area contributed by atoms with Gasteiger partial charge in [0.05, 0.1) is 11.2 Å². The maximum absolute atomic E-state index is 11.4. The lowest BCUT2D eigenvalue weighted by Crippen LogP contribution is -1.85. The van der Waals surface area contributed by atoms with Crippen molar-refractivity contribution in [3.63, 3.8) is 0 Å². The van der Waals surface area contributed by atoms with E-state index < -0.39 is 0 Å². The largest absolute Gasteiger partial charge is 0.353 e. The second kappa shape index (κ2) is 4.83. The van der Waals surface area contributed by atoms with Gasteiger partial charge in [-0.25, -0.2) is 0 Å². The van der Waals surface area contributed by atoms with E-state index in [-0.39, 0.29) is 0 Å². The minimum Gasteiger partial charge on any atom is -0.353 e. The summed E-state index contributed by atoms with van der Waals surface area (Å²) < 4.78 is 0.923. The number of halogens is 2. The van der Waals surface area contributed by atoms with Crippen LogP contribution in [0.2, 0.25) is 5.02 Å². The number of nitrogens with one attached hydrogen (secondary N) is 1. The molecule has 1 N–H and O–H groups in total. The quantitative estimate of drug-likeness (QED) is 0.653. The van der Waals surface area contributed by atoms with Crippen molar-refractivity contribution in [2.75, 3.05) is 0 Å². The van der Waals surface area contributed by atoms with Gasteiger partial charge in [0.2, 0.25) is 0 Å². The van der Waals surface area contributed by atoms with E-state index in [1.54, 1.807) is 0 Å². The molecule has 0 aliphatic rings. The molecular weight excluding hydrogens is 326 g/mol. The summed E-state index contributed by atoms with van der Waals surface area (Å²) in [6.45, 7) is 0. The smallest absolute Gasteiger partial charge is 0.152 e. The molecule has 1 heterocycles. The highest BCUT2D eigenvalue weighted by molar-refractivity contribution is 9.10. The first kappa shape index (κ1) is 12.5. The van der Waals surface area contributed by atoms with Crippen LogP contribution in [0.1, 0.15) is 10.4 Å². The molecule has 3 aromatic rings. The second-order valence-corrected chi connectivity index (χ2v) is 5.44. The number of carbonyl (C=O) groups excluding carboxylic acids is 1. The van der Waals surface area contributed by atoms with Crippen LogP contribution in [-0.2, 0) is 0 Å². The maximum atomic E-state index is 11.4. The molecule has 2 nitrogen and oxygen atoms in total. The minimum atomic E-state index is 0.619. The van der Waals surface area contributed by atoms with E-state index in [0.29, 0.717) is 10.6 Å². The predicted molar refractivity (Wildman–Crippen MR) is 81.8 cm³/mol. The molecule has 0 radical (unpaired) electrons. The average molecular weight is 335 g/mol. The normalized spacial score (nSPS) is 10.8. The van der Waals surface area contributed by atoms with Gasteiger partial charge >= 0.3 is 0 Å². The maximum Gasteiger partial charge on any atom is 0.152 e. The summed E-state index contributed by atoms with van der Waals surface area (Å²) in [5.41, 5.74) is 3.11. The van der Waals surface area contributed by atoms with Gasteiger partial charge in [-0.3, -0.25) is 4.79 Å². The van der Waals surface area contributed by atoms with Crippen molar-refractivity contribution in [1.82, 2.24) is 4.98 Å². The van der Waals surface area contributed by atoms with Gasteiger partial charge < -0.3 is 4.98 Å². The zero-order chi connectivity index (χ0) is 13.4. The molecule has 0 saturated heterocycles. The summed E-state index contributed by atoms with van der Waals surface area (Å²) in [6, 6.07) is 13.2.